The number of hydrogen-bond donors (Lipinski definition) is 2. The first-order valence-electron chi connectivity index (χ1n) is 6.93. The monoisotopic (exact) mass is 316 g/mol. The molecule has 5 nitrogen and oxygen atoms in total. The van der Waals surface area contributed by atoms with Crippen molar-refractivity contribution >= 4 is 18.3 Å². The molecule has 0 spiro atoms. The molecule has 0 aliphatic heterocycles. The fraction of sp³-hybridized carbons (Fsp3) is 0.533. The van der Waals surface area contributed by atoms with E-state index in [4.69, 9.17) is 15.2 Å². The second kappa shape index (κ2) is 12.4. The number of benzene rings is 1. The van der Waals surface area contributed by atoms with E-state index in [2.05, 4.69) is 5.32 Å². The number of nitrogens with two attached hydrogens (primary N) is 1. The van der Waals surface area contributed by atoms with Gasteiger partial charge >= 0.3 is 0 Å². The van der Waals surface area contributed by atoms with Gasteiger partial charge in [-0.3, -0.25) is 4.79 Å². The predicted octanol–water partition coefficient (Wildman–Crippen LogP) is 1.88. The van der Waals surface area contributed by atoms with Gasteiger partial charge in [-0.05, 0) is 37.1 Å². The Kier molecular flexibility index (Phi) is 11.7. The minimum Gasteiger partial charge on any atom is -0.497 e. The van der Waals surface area contributed by atoms with Gasteiger partial charge in [0.25, 0.3) is 0 Å². The van der Waals surface area contributed by atoms with Gasteiger partial charge in [-0.1, -0.05) is 12.1 Å². The van der Waals surface area contributed by atoms with E-state index >= 15 is 0 Å². The van der Waals surface area contributed by atoms with Gasteiger partial charge < -0.3 is 20.5 Å². The normalized spacial score (nSPS) is 9.81. The number of rotatable bonds is 10. The third kappa shape index (κ3) is 9.28. The van der Waals surface area contributed by atoms with Crippen LogP contribution in [0.4, 0.5) is 0 Å². The van der Waals surface area contributed by atoms with Crippen LogP contribution in [0.1, 0.15) is 24.8 Å². The number of methoxy groups -OCH3 is 1. The van der Waals surface area contributed by atoms with Gasteiger partial charge in [0.15, 0.2) is 0 Å². The molecule has 1 aromatic carbocycles. The molecule has 0 saturated heterocycles. The quantitative estimate of drug-likeness (QED) is 0.646. The molecule has 0 saturated carbocycles. The molecule has 0 atom stereocenters. The van der Waals surface area contributed by atoms with Gasteiger partial charge in [0.2, 0.25) is 5.91 Å². The minimum absolute atomic E-state index is 0. The van der Waals surface area contributed by atoms with Crippen LogP contribution in [-0.4, -0.2) is 32.7 Å². The molecule has 0 aromatic heterocycles. The first-order valence-corrected chi connectivity index (χ1v) is 6.93. The summed E-state index contributed by atoms with van der Waals surface area (Å²) < 4.78 is 10.6. The molecule has 120 valence electrons. The third-order valence-electron chi connectivity index (χ3n) is 2.82. The molecule has 0 fully saturated rings. The summed E-state index contributed by atoms with van der Waals surface area (Å²) in [5.74, 6) is 0.902. The van der Waals surface area contributed by atoms with Gasteiger partial charge in [-0.15, -0.1) is 12.4 Å². The second-order valence-electron chi connectivity index (χ2n) is 4.50. The van der Waals surface area contributed by atoms with Crippen molar-refractivity contribution in [3.8, 4) is 5.75 Å². The molecule has 0 aliphatic rings. The molecule has 0 heterocycles. The maximum atomic E-state index is 11.3. The van der Waals surface area contributed by atoms with Crippen LogP contribution in [0, 0.1) is 0 Å². The molecule has 0 bridgehead atoms. The number of carbonyl (C=O) groups is 1. The van der Waals surface area contributed by atoms with Gasteiger partial charge in [0, 0.05) is 19.6 Å². The van der Waals surface area contributed by atoms with Gasteiger partial charge in [0.05, 0.1) is 13.7 Å². The Labute approximate surface area is 132 Å². The van der Waals surface area contributed by atoms with Crippen LogP contribution in [0.25, 0.3) is 0 Å². The van der Waals surface area contributed by atoms with E-state index in [1.165, 1.54) is 0 Å². The number of amides is 1. The average molecular weight is 317 g/mol. The fourth-order valence-corrected chi connectivity index (χ4v) is 1.66. The highest BCUT2D eigenvalue weighted by atomic mass is 35.5. The summed E-state index contributed by atoms with van der Waals surface area (Å²) in [6.07, 6.45) is 2.05. The maximum absolute atomic E-state index is 11.3. The summed E-state index contributed by atoms with van der Waals surface area (Å²) in [6.45, 7) is 2.40. The Morgan fingerprint density at radius 2 is 1.95 bits per heavy atom. The lowest BCUT2D eigenvalue weighted by Gasteiger charge is -2.07. The van der Waals surface area contributed by atoms with E-state index in [-0.39, 0.29) is 18.3 Å². The highest BCUT2D eigenvalue weighted by Gasteiger charge is 1.99. The standard InChI is InChI=1S/C15H24N2O3.ClH/c1-19-14-7-5-13(6-8-14)12-20-11-3-10-17-15(18)4-2-9-16;/h5-8H,2-4,9-12,16H2,1H3,(H,17,18);1H. The smallest absolute Gasteiger partial charge is 0.220 e. The summed E-state index contributed by atoms with van der Waals surface area (Å²) in [5.41, 5.74) is 6.45. The molecule has 0 unspecified atom stereocenters. The lowest BCUT2D eigenvalue weighted by molar-refractivity contribution is -0.121. The zero-order valence-electron chi connectivity index (χ0n) is 12.5. The number of halogens is 1. The van der Waals surface area contributed by atoms with E-state index in [1.807, 2.05) is 24.3 Å². The third-order valence-corrected chi connectivity index (χ3v) is 2.82. The Morgan fingerprint density at radius 3 is 2.57 bits per heavy atom. The topological polar surface area (TPSA) is 73.6 Å². The van der Waals surface area contributed by atoms with Crippen molar-refractivity contribution < 1.29 is 14.3 Å². The molecule has 6 heteroatoms. The fourth-order valence-electron chi connectivity index (χ4n) is 1.66. The first-order chi connectivity index (χ1) is 9.76. The Bertz CT molecular complexity index is 385. The van der Waals surface area contributed by atoms with Crippen LogP contribution in [0.15, 0.2) is 24.3 Å². The van der Waals surface area contributed by atoms with Crippen molar-refractivity contribution in [2.45, 2.75) is 25.9 Å². The Morgan fingerprint density at radius 1 is 1.24 bits per heavy atom. The van der Waals surface area contributed by atoms with Crippen molar-refractivity contribution in [3.05, 3.63) is 29.8 Å². The zero-order chi connectivity index (χ0) is 14.6. The molecule has 21 heavy (non-hydrogen) atoms. The van der Waals surface area contributed by atoms with E-state index in [0.29, 0.717) is 32.7 Å². The molecule has 1 rings (SSSR count). The minimum atomic E-state index is 0. The van der Waals surface area contributed by atoms with E-state index in [1.54, 1.807) is 7.11 Å². The first kappa shape index (κ1) is 19.7. The van der Waals surface area contributed by atoms with Crippen LogP contribution in [0.5, 0.6) is 5.75 Å². The van der Waals surface area contributed by atoms with E-state index in [9.17, 15) is 4.79 Å². The second-order valence-corrected chi connectivity index (χ2v) is 4.50. The molecule has 0 radical (unpaired) electrons. The van der Waals surface area contributed by atoms with E-state index < -0.39 is 0 Å². The molecular formula is C15H25ClN2O3. The lowest BCUT2D eigenvalue weighted by Crippen LogP contribution is -2.25. The zero-order valence-corrected chi connectivity index (χ0v) is 13.3. The van der Waals surface area contributed by atoms with Gasteiger partial charge in [-0.2, -0.15) is 0 Å². The van der Waals surface area contributed by atoms with Gasteiger partial charge in [0.1, 0.15) is 5.75 Å². The van der Waals surface area contributed by atoms with Crippen LogP contribution in [0.3, 0.4) is 0 Å². The van der Waals surface area contributed by atoms with Crippen molar-refractivity contribution in [3.63, 3.8) is 0 Å². The van der Waals surface area contributed by atoms with Crippen LogP contribution < -0.4 is 15.8 Å². The van der Waals surface area contributed by atoms with Gasteiger partial charge in [-0.25, -0.2) is 0 Å². The van der Waals surface area contributed by atoms with Crippen LogP contribution >= 0.6 is 12.4 Å². The summed E-state index contributed by atoms with van der Waals surface area (Å²) in [4.78, 5) is 11.3. The molecule has 1 amide bonds. The van der Waals surface area contributed by atoms with Crippen molar-refractivity contribution in [2.24, 2.45) is 5.73 Å². The molecule has 3 N–H and O–H groups in total. The number of nitrogens with one attached hydrogen (secondary N) is 1. The summed E-state index contributed by atoms with van der Waals surface area (Å²) in [5, 5.41) is 2.84. The van der Waals surface area contributed by atoms with Crippen molar-refractivity contribution in [2.75, 3.05) is 26.8 Å². The SMILES string of the molecule is COc1ccc(COCCCNC(=O)CCCN)cc1.Cl. The van der Waals surface area contributed by atoms with Crippen LogP contribution in [-0.2, 0) is 16.1 Å². The number of hydrogen-bond acceptors (Lipinski definition) is 4. The predicted molar refractivity (Wildman–Crippen MR) is 85.8 cm³/mol. The highest BCUT2D eigenvalue weighted by Crippen LogP contribution is 2.11. The summed E-state index contributed by atoms with van der Waals surface area (Å²) >= 11 is 0. The average Bonchev–Trinajstić information content (AvgIpc) is 2.49. The highest BCUT2D eigenvalue weighted by molar-refractivity contribution is 5.85. The van der Waals surface area contributed by atoms with Crippen molar-refractivity contribution in [1.82, 2.24) is 5.32 Å². The Hall–Kier alpha value is -1.30. The Balaban J connectivity index is 0.00000400. The summed E-state index contributed by atoms with van der Waals surface area (Å²) in [6, 6.07) is 7.79. The van der Waals surface area contributed by atoms with Crippen molar-refractivity contribution in [1.29, 1.82) is 0 Å². The number of ether oxygens (including phenoxy) is 2. The van der Waals surface area contributed by atoms with E-state index in [0.717, 1.165) is 24.2 Å². The molecule has 0 aliphatic carbocycles. The molecular weight excluding hydrogens is 292 g/mol. The summed E-state index contributed by atoms with van der Waals surface area (Å²) in [7, 11) is 1.65. The number of carbonyl (C=O) groups excluding carboxylic acids is 1. The largest absolute Gasteiger partial charge is 0.497 e. The maximum Gasteiger partial charge on any atom is 0.220 e. The molecule has 1 aromatic rings. The lowest BCUT2D eigenvalue weighted by atomic mass is 10.2. The van der Waals surface area contributed by atoms with Crippen LogP contribution in [0.2, 0.25) is 0 Å².